The zero-order valence-corrected chi connectivity index (χ0v) is 9.21. The van der Waals surface area contributed by atoms with Crippen molar-refractivity contribution >= 4 is 34.1 Å². The average Bonchev–Trinajstić information content (AvgIpc) is 2.53. The highest BCUT2D eigenvalue weighted by atomic mass is 32.1. The lowest BCUT2D eigenvalue weighted by molar-refractivity contribution is 0.411. The molecule has 3 heteroatoms. The van der Waals surface area contributed by atoms with Gasteiger partial charge in [0.2, 0.25) is 0 Å². The first kappa shape index (κ1) is 8.91. The first-order valence-corrected chi connectivity index (χ1v) is 5.30. The van der Waals surface area contributed by atoms with Crippen molar-refractivity contribution in [1.29, 1.82) is 0 Å². The lowest BCUT2D eigenvalue weighted by Crippen LogP contribution is -1.86. The summed E-state index contributed by atoms with van der Waals surface area (Å²) in [5.74, 6) is 0.888. The van der Waals surface area contributed by atoms with E-state index in [1.54, 1.807) is 18.4 Å². The fourth-order valence-corrected chi connectivity index (χ4v) is 2.93. The molecule has 0 saturated carbocycles. The van der Waals surface area contributed by atoms with Crippen LogP contribution < -0.4 is 4.74 Å². The summed E-state index contributed by atoms with van der Waals surface area (Å²) < 4.78 is 6.49. The van der Waals surface area contributed by atoms with Gasteiger partial charge in [-0.3, -0.25) is 0 Å². The van der Waals surface area contributed by atoms with Crippen molar-refractivity contribution in [2.24, 2.45) is 0 Å². The third kappa shape index (κ3) is 1.32. The molecule has 1 aromatic carbocycles. The van der Waals surface area contributed by atoms with Gasteiger partial charge in [-0.15, -0.1) is 24.0 Å². The normalized spacial score (nSPS) is 10.7. The fourth-order valence-electron chi connectivity index (χ4n) is 1.46. The summed E-state index contributed by atoms with van der Waals surface area (Å²) in [5.41, 5.74) is 1.25. The lowest BCUT2D eigenvalue weighted by Gasteiger charge is -2.06. The number of hydrogen-bond donors (Lipinski definition) is 1. The van der Waals surface area contributed by atoms with E-state index >= 15 is 0 Å². The monoisotopic (exact) mass is 210 g/mol. The van der Waals surface area contributed by atoms with Crippen LogP contribution in [0.1, 0.15) is 5.56 Å². The van der Waals surface area contributed by atoms with Gasteiger partial charge in [-0.1, -0.05) is 0 Å². The van der Waals surface area contributed by atoms with Gasteiger partial charge in [0.1, 0.15) is 5.75 Å². The standard InChI is InChI=1S/C10H10OS2/c1-6-5-8(12)9(11-2)10-7(6)3-4-13-10/h3-5,12H,1-2H3. The van der Waals surface area contributed by atoms with Gasteiger partial charge in [0.15, 0.2) is 0 Å². The van der Waals surface area contributed by atoms with Crippen LogP contribution in [0.15, 0.2) is 22.4 Å². The molecule has 1 aromatic heterocycles. The Morgan fingerprint density at radius 2 is 2.23 bits per heavy atom. The molecule has 0 radical (unpaired) electrons. The zero-order valence-electron chi connectivity index (χ0n) is 7.50. The van der Waals surface area contributed by atoms with Crippen molar-refractivity contribution < 1.29 is 4.74 Å². The SMILES string of the molecule is COc1c(S)cc(C)c2ccsc12. The van der Waals surface area contributed by atoms with Gasteiger partial charge in [-0.05, 0) is 35.4 Å². The minimum absolute atomic E-state index is 0.888. The number of fused-ring (bicyclic) bond motifs is 1. The largest absolute Gasteiger partial charge is 0.494 e. The highest BCUT2D eigenvalue weighted by Crippen LogP contribution is 2.37. The molecule has 2 rings (SSSR count). The maximum atomic E-state index is 5.31. The lowest BCUT2D eigenvalue weighted by atomic mass is 10.1. The predicted octanol–water partition coefficient (Wildman–Crippen LogP) is 3.51. The molecule has 0 saturated heterocycles. The maximum Gasteiger partial charge on any atom is 0.149 e. The second-order valence-corrected chi connectivity index (χ2v) is 4.31. The number of rotatable bonds is 1. The average molecular weight is 210 g/mol. The van der Waals surface area contributed by atoms with Crippen LogP contribution in [0.25, 0.3) is 10.1 Å². The van der Waals surface area contributed by atoms with Gasteiger partial charge in [-0.2, -0.15) is 0 Å². The van der Waals surface area contributed by atoms with E-state index in [1.165, 1.54) is 15.6 Å². The van der Waals surface area contributed by atoms with Crippen molar-refractivity contribution in [3.05, 3.63) is 23.1 Å². The van der Waals surface area contributed by atoms with Crippen LogP contribution in [0.5, 0.6) is 5.75 Å². The molecule has 0 bridgehead atoms. The van der Waals surface area contributed by atoms with Crippen LogP contribution >= 0.6 is 24.0 Å². The van der Waals surface area contributed by atoms with E-state index < -0.39 is 0 Å². The van der Waals surface area contributed by atoms with Gasteiger partial charge >= 0.3 is 0 Å². The number of methoxy groups -OCH3 is 1. The summed E-state index contributed by atoms with van der Waals surface area (Å²) in [7, 11) is 1.68. The van der Waals surface area contributed by atoms with Crippen molar-refractivity contribution in [3.63, 3.8) is 0 Å². The Hall–Kier alpha value is -0.670. The smallest absolute Gasteiger partial charge is 0.149 e. The summed E-state index contributed by atoms with van der Waals surface area (Å²) in [6.07, 6.45) is 0. The molecule has 0 amide bonds. The van der Waals surface area contributed by atoms with Crippen LogP contribution in [0.3, 0.4) is 0 Å². The van der Waals surface area contributed by atoms with E-state index in [4.69, 9.17) is 4.74 Å². The molecule has 1 nitrogen and oxygen atoms in total. The summed E-state index contributed by atoms with van der Waals surface area (Å²) in [4.78, 5) is 0.912. The molecule has 0 fully saturated rings. The Labute approximate surface area is 86.8 Å². The van der Waals surface area contributed by atoms with E-state index in [9.17, 15) is 0 Å². The van der Waals surface area contributed by atoms with E-state index in [-0.39, 0.29) is 0 Å². The van der Waals surface area contributed by atoms with Gasteiger partial charge in [0, 0.05) is 4.90 Å². The van der Waals surface area contributed by atoms with Gasteiger partial charge in [0.25, 0.3) is 0 Å². The van der Waals surface area contributed by atoms with Crippen molar-refractivity contribution in [2.75, 3.05) is 7.11 Å². The van der Waals surface area contributed by atoms with Gasteiger partial charge in [-0.25, -0.2) is 0 Å². The molecule has 13 heavy (non-hydrogen) atoms. The van der Waals surface area contributed by atoms with E-state index in [0.29, 0.717) is 0 Å². The molecule has 2 aromatic rings. The predicted molar refractivity (Wildman–Crippen MR) is 60.4 cm³/mol. The number of thiophene rings is 1. The number of aryl methyl sites for hydroxylation is 1. The first-order chi connectivity index (χ1) is 6.24. The molecule has 0 N–H and O–H groups in total. The molecule has 0 spiro atoms. The van der Waals surface area contributed by atoms with Crippen LogP contribution in [0, 0.1) is 6.92 Å². The molecule has 0 unspecified atom stereocenters. The van der Waals surface area contributed by atoms with E-state index in [0.717, 1.165) is 10.6 Å². The highest BCUT2D eigenvalue weighted by Gasteiger charge is 2.08. The van der Waals surface area contributed by atoms with E-state index in [1.807, 2.05) is 6.07 Å². The Kier molecular flexibility index (Phi) is 2.22. The number of hydrogen-bond acceptors (Lipinski definition) is 3. The molecule has 68 valence electrons. The number of ether oxygens (including phenoxy) is 1. The molecular formula is C10H10OS2. The van der Waals surface area contributed by atoms with E-state index in [2.05, 4.69) is 31.0 Å². The number of thiol groups is 1. The minimum Gasteiger partial charge on any atom is -0.494 e. The molecule has 0 aliphatic carbocycles. The molecule has 0 aliphatic rings. The third-order valence-corrected chi connectivity index (χ3v) is 3.33. The second kappa shape index (κ2) is 3.24. The van der Waals surface area contributed by atoms with Crippen LogP contribution in [-0.2, 0) is 0 Å². The fraction of sp³-hybridized carbons (Fsp3) is 0.200. The summed E-state index contributed by atoms with van der Waals surface area (Å²) >= 11 is 6.07. The highest BCUT2D eigenvalue weighted by molar-refractivity contribution is 7.80. The number of benzene rings is 1. The topological polar surface area (TPSA) is 9.23 Å². The van der Waals surface area contributed by atoms with Crippen molar-refractivity contribution in [2.45, 2.75) is 11.8 Å². The summed E-state index contributed by atoms with van der Waals surface area (Å²) in [6.45, 7) is 2.09. The summed E-state index contributed by atoms with van der Waals surface area (Å²) in [6, 6.07) is 4.15. The van der Waals surface area contributed by atoms with Crippen molar-refractivity contribution in [1.82, 2.24) is 0 Å². The first-order valence-electron chi connectivity index (χ1n) is 3.98. The third-order valence-electron chi connectivity index (χ3n) is 2.09. The molecule has 0 aliphatic heterocycles. The van der Waals surface area contributed by atoms with Gasteiger partial charge in [0.05, 0.1) is 11.8 Å². The molecular weight excluding hydrogens is 200 g/mol. The van der Waals surface area contributed by atoms with Gasteiger partial charge < -0.3 is 4.74 Å². The van der Waals surface area contributed by atoms with Crippen LogP contribution in [0.4, 0.5) is 0 Å². The second-order valence-electron chi connectivity index (χ2n) is 2.91. The Morgan fingerprint density at radius 1 is 1.46 bits per heavy atom. The van der Waals surface area contributed by atoms with Crippen LogP contribution in [-0.4, -0.2) is 7.11 Å². The van der Waals surface area contributed by atoms with Crippen molar-refractivity contribution in [3.8, 4) is 5.75 Å². The molecule has 0 atom stereocenters. The maximum absolute atomic E-state index is 5.31. The zero-order chi connectivity index (χ0) is 9.42. The Bertz CT molecular complexity index is 445. The Balaban J connectivity index is 2.88. The minimum atomic E-state index is 0.888. The van der Waals surface area contributed by atoms with Crippen LogP contribution in [0.2, 0.25) is 0 Å². The molecule has 1 heterocycles. The summed E-state index contributed by atoms with van der Waals surface area (Å²) in [5, 5.41) is 3.34. The quantitative estimate of drug-likeness (QED) is 0.709. The Morgan fingerprint density at radius 3 is 2.92 bits per heavy atom.